The minimum Gasteiger partial charge on any atom is -0.507 e. The summed E-state index contributed by atoms with van der Waals surface area (Å²) in [5.74, 6) is 0.778. The first-order chi connectivity index (χ1) is 20.5. The molecular weight excluding hydrogens is 550 g/mol. The molecule has 4 aliphatic heterocycles. The maximum atomic E-state index is 13.2. The second-order valence-corrected chi connectivity index (χ2v) is 12.2. The number of aromatic hydroxyl groups is 2. The number of nitrogens with one attached hydrogen (secondary N) is 2. The van der Waals surface area contributed by atoms with E-state index in [1.807, 2.05) is 20.9 Å². The number of phenolic OH excluding ortho intramolecular Hbond substituents is 2. The monoisotopic (exact) mass is 589 g/mol. The summed E-state index contributed by atoms with van der Waals surface area (Å²) in [5, 5.41) is 39.4. The van der Waals surface area contributed by atoms with Gasteiger partial charge in [0.1, 0.15) is 23.6 Å². The molecule has 228 valence electrons. The van der Waals surface area contributed by atoms with E-state index in [-0.39, 0.29) is 61.2 Å². The van der Waals surface area contributed by atoms with E-state index < -0.39 is 18.1 Å². The topological polar surface area (TPSA) is 147 Å². The van der Waals surface area contributed by atoms with Gasteiger partial charge in [-0.15, -0.1) is 0 Å². The molecule has 6 rings (SSSR count). The van der Waals surface area contributed by atoms with Crippen LogP contribution < -0.4 is 20.1 Å². The zero-order valence-electron chi connectivity index (χ0n) is 25.4. The van der Waals surface area contributed by atoms with Crippen molar-refractivity contribution in [2.45, 2.75) is 90.1 Å². The Hall–Kier alpha value is -4.01. The largest absolute Gasteiger partial charge is 0.507 e. The van der Waals surface area contributed by atoms with E-state index in [9.17, 15) is 25.1 Å². The first-order valence-corrected chi connectivity index (χ1v) is 14.9. The summed E-state index contributed by atoms with van der Waals surface area (Å²) in [6.45, 7) is 9.16. The molecule has 0 spiro atoms. The first-order valence-electron chi connectivity index (χ1n) is 14.9. The molecule has 4 aliphatic rings. The molecular formula is C32H39N5O6. The Labute approximate surface area is 251 Å². The third kappa shape index (κ3) is 4.30. The third-order valence-corrected chi connectivity index (χ3v) is 10.0. The molecule has 6 atom stereocenters. The van der Waals surface area contributed by atoms with E-state index in [0.717, 1.165) is 22.3 Å². The molecule has 2 aromatic rings. The highest BCUT2D eigenvalue weighted by Crippen LogP contribution is 2.57. The quantitative estimate of drug-likeness (QED) is 0.413. The SMILES string of the molecule is CCC(=O)N[C@@H](C)C(=O)NC[C@H]1c2c(c(O)c(C)c3c2OCO3)CC2[C@H]3c4c(cc(C)c(C)c4O)C[C@@H]([C@H](C#N)N21)N3C. The van der Waals surface area contributed by atoms with Crippen LogP contribution in [-0.4, -0.2) is 76.4 Å². The fourth-order valence-electron chi connectivity index (χ4n) is 7.67. The lowest BCUT2D eigenvalue weighted by Gasteiger charge is -2.60. The number of phenols is 2. The molecule has 4 N–H and O–H groups in total. The molecule has 2 amide bonds. The minimum absolute atomic E-state index is 0.00417. The molecule has 43 heavy (non-hydrogen) atoms. The lowest BCUT2D eigenvalue weighted by atomic mass is 9.71. The van der Waals surface area contributed by atoms with E-state index >= 15 is 0 Å². The number of nitriles is 1. The van der Waals surface area contributed by atoms with E-state index in [1.54, 1.807) is 20.8 Å². The number of fused-ring (bicyclic) bond motifs is 9. The van der Waals surface area contributed by atoms with Crippen LogP contribution >= 0.6 is 0 Å². The summed E-state index contributed by atoms with van der Waals surface area (Å²) in [7, 11) is 2.00. The summed E-state index contributed by atoms with van der Waals surface area (Å²) >= 11 is 0. The van der Waals surface area contributed by atoms with Gasteiger partial charge < -0.3 is 30.3 Å². The molecule has 11 nitrogen and oxygen atoms in total. The average molecular weight is 590 g/mol. The van der Waals surface area contributed by atoms with Crippen molar-refractivity contribution >= 4 is 11.8 Å². The van der Waals surface area contributed by atoms with Gasteiger partial charge in [-0.2, -0.15) is 5.26 Å². The lowest BCUT2D eigenvalue weighted by molar-refractivity contribution is -0.129. The fraction of sp³-hybridized carbons (Fsp3) is 0.531. The van der Waals surface area contributed by atoms with Gasteiger partial charge >= 0.3 is 0 Å². The molecule has 4 heterocycles. The van der Waals surface area contributed by atoms with Crippen LogP contribution in [0.5, 0.6) is 23.0 Å². The number of hydrogen-bond donors (Lipinski definition) is 4. The number of nitrogens with zero attached hydrogens (tertiary/aromatic N) is 3. The highest BCUT2D eigenvalue weighted by molar-refractivity contribution is 5.87. The number of benzene rings is 2. The Morgan fingerprint density at radius 2 is 1.81 bits per heavy atom. The Morgan fingerprint density at radius 1 is 1.09 bits per heavy atom. The van der Waals surface area contributed by atoms with Gasteiger partial charge in [0.05, 0.1) is 18.2 Å². The van der Waals surface area contributed by atoms with Crippen molar-refractivity contribution in [3.8, 4) is 29.1 Å². The van der Waals surface area contributed by atoms with Gasteiger partial charge in [-0.25, -0.2) is 0 Å². The zero-order chi connectivity index (χ0) is 30.9. The summed E-state index contributed by atoms with van der Waals surface area (Å²) in [5.41, 5.74) is 5.69. The highest BCUT2D eigenvalue weighted by Gasteiger charge is 2.56. The Balaban J connectivity index is 1.50. The molecule has 0 radical (unpaired) electrons. The minimum atomic E-state index is -0.753. The van der Waals surface area contributed by atoms with Crippen LogP contribution in [0.4, 0.5) is 0 Å². The zero-order valence-corrected chi connectivity index (χ0v) is 25.4. The van der Waals surface area contributed by atoms with Crippen molar-refractivity contribution in [2.24, 2.45) is 0 Å². The van der Waals surface area contributed by atoms with Gasteiger partial charge in [-0.05, 0) is 64.3 Å². The molecule has 1 saturated heterocycles. The van der Waals surface area contributed by atoms with Gasteiger partial charge in [0, 0.05) is 47.3 Å². The van der Waals surface area contributed by atoms with Crippen LogP contribution in [0.1, 0.15) is 71.3 Å². The standard InChI is InChI=1S/C32H39N5O6/c1-7-24(38)35-17(5)32(41)34-12-23-26-19(28(39)16(4)30-31(26)43-13-42-30)10-21-27-25-18(8-14(2)15(3)29(25)40)9-20(36(27)6)22(11-33)37(21)23/h8,17,20-23,27,39-40H,7,9-10,12-13H2,1-6H3,(H,34,41)(H,35,38)/t17-,20-,21?,22-,23-,27-/m0/s1. The fourth-order valence-corrected chi connectivity index (χ4v) is 7.67. The molecule has 2 bridgehead atoms. The van der Waals surface area contributed by atoms with Crippen LogP contribution in [-0.2, 0) is 22.4 Å². The van der Waals surface area contributed by atoms with E-state index in [1.165, 1.54) is 0 Å². The van der Waals surface area contributed by atoms with Crippen molar-refractivity contribution in [1.82, 2.24) is 20.4 Å². The number of hydrogen-bond acceptors (Lipinski definition) is 9. The van der Waals surface area contributed by atoms with Gasteiger partial charge in [-0.1, -0.05) is 13.0 Å². The second kappa shape index (κ2) is 10.6. The van der Waals surface area contributed by atoms with Crippen LogP contribution in [0.15, 0.2) is 6.07 Å². The van der Waals surface area contributed by atoms with Gasteiger partial charge in [-0.3, -0.25) is 19.4 Å². The van der Waals surface area contributed by atoms with Crippen LogP contribution in [0, 0.1) is 32.1 Å². The molecule has 0 aromatic heterocycles. The van der Waals surface area contributed by atoms with Crippen LogP contribution in [0.2, 0.25) is 0 Å². The van der Waals surface area contributed by atoms with Crippen molar-refractivity contribution in [3.63, 3.8) is 0 Å². The molecule has 11 heteroatoms. The Morgan fingerprint density at radius 3 is 2.51 bits per heavy atom. The van der Waals surface area contributed by atoms with Gasteiger partial charge in [0.2, 0.25) is 18.6 Å². The highest BCUT2D eigenvalue weighted by atomic mass is 16.7. The van der Waals surface area contributed by atoms with Gasteiger partial charge in [0.15, 0.2) is 11.5 Å². The number of carbonyl (C=O) groups is 2. The van der Waals surface area contributed by atoms with E-state index in [4.69, 9.17) is 9.47 Å². The van der Waals surface area contributed by atoms with Crippen molar-refractivity contribution in [2.75, 3.05) is 20.4 Å². The maximum Gasteiger partial charge on any atom is 0.242 e. The van der Waals surface area contributed by atoms with Crippen LogP contribution in [0.25, 0.3) is 0 Å². The van der Waals surface area contributed by atoms with Crippen molar-refractivity contribution in [1.29, 1.82) is 5.26 Å². The van der Waals surface area contributed by atoms with E-state index in [0.29, 0.717) is 41.0 Å². The van der Waals surface area contributed by atoms with Crippen molar-refractivity contribution in [3.05, 3.63) is 45.0 Å². The average Bonchev–Trinajstić information content (AvgIpc) is 3.47. The molecule has 1 unspecified atom stereocenters. The number of ether oxygens (including phenoxy) is 2. The maximum absolute atomic E-state index is 13.2. The number of piperazine rings is 1. The number of rotatable bonds is 5. The smallest absolute Gasteiger partial charge is 0.242 e. The molecule has 2 aromatic carbocycles. The summed E-state index contributed by atoms with van der Waals surface area (Å²) in [6.07, 6.45) is 1.25. The second-order valence-electron chi connectivity index (χ2n) is 12.2. The Bertz CT molecular complexity index is 1570. The Kier molecular flexibility index (Phi) is 7.18. The molecule has 1 fully saturated rings. The third-order valence-electron chi connectivity index (χ3n) is 10.0. The summed E-state index contributed by atoms with van der Waals surface area (Å²) < 4.78 is 11.8. The predicted octanol–water partition coefficient (Wildman–Crippen LogP) is 2.55. The summed E-state index contributed by atoms with van der Waals surface area (Å²) in [6, 6.07) is 2.09. The number of aryl methyl sites for hydroxylation is 1. The number of likely N-dealkylation sites (N-methyl/N-ethyl adjacent to an activating group) is 1. The van der Waals surface area contributed by atoms with Crippen LogP contribution in [0.3, 0.4) is 0 Å². The predicted molar refractivity (Wildman–Crippen MR) is 157 cm³/mol. The number of amides is 2. The van der Waals surface area contributed by atoms with E-state index in [2.05, 4.69) is 32.6 Å². The molecule has 0 aliphatic carbocycles. The summed E-state index contributed by atoms with van der Waals surface area (Å²) in [4.78, 5) is 29.5. The molecule has 0 saturated carbocycles. The number of carbonyl (C=O) groups excluding carboxylic acids is 2. The normalized spacial score (nSPS) is 26.0. The van der Waals surface area contributed by atoms with Gasteiger partial charge in [0.25, 0.3) is 0 Å². The van der Waals surface area contributed by atoms with Crippen molar-refractivity contribution < 1.29 is 29.3 Å². The lowest BCUT2D eigenvalue weighted by Crippen LogP contribution is -2.69. The first kappa shape index (κ1) is 29.1.